The second-order valence-corrected chi connectivity index (χ2v) is 27.2. The number of nitrogens with one attached hydrogen (secondary N) is 1. The van der Waals surface area contributed by atoms with Crippen LogP contribution in [0, 0.1) is 29.6 Å². The number of nitrogens with zero attached hydrogens (tertiary/aromatic N) is 6. The molecule has 8 atom stereocenters. The Bertz CT molecular complexity index is 3200. The largest absolute Gasteiger partial charge is 0.444 e. The zero-order valence-electron chi connectivity index (χ0n) is 56.2. The molecular weight excluding hydrogens is 1170 g/mol. The summed E-state index contributed by atoms with van der Waals surface area (Å²) in [4.78, 5) is 119. The Hall–Kier alpha value is -6.92. The number of ether oxygens (including phenoxy) is 5. The Morgan fingerprint density at radius 3 is 2.16 bits per heavy atom. The van der Waals surface area contributed by atoms with E-state index in [2.05, 4.69) is 46.3 Å². The van der Waals surface area contributed by atoms with Crippen LogP contribution >= 0.6 is 0 Å². The zero-order chi connectivity index (χ0) is 66.1. The number of anilines is 2. The Balaban J connectivity index is 0.783. The third kappa shape index (κ3) is 15.7. The summed E-state index contributed by atoms with van der Waals surface area (Å²) in [5.74, 6) is 6.16. The van der Waals surface area contributed by atoms with Crippen LogP contribution in [-0.4, -0.2) is 213 Å². The van der Waals surface area contributed by atoms with E-state index in [1.165, 1.54) is 45.9 Å². The summed E-state index contributed by atoms with van der Waals surface area (Å²) in [7, 11) is 3.68. The maximum Gasteiger partial charge on any atom is 0.410 e. The van der Waals surface area contributed by atoms with Crippen LogP contribution in [0.4, 0.5) is 16.2 Å². The third-order valence-electron chi connectivity index (χ3n) is 19.9. The molecule has 2 aromatic carbocycles. The number of piperazine rings is 2. The van der Waals surface area contributed by atoms with Crippen molar-refractivity contribution in [3.8, 4) is 11.8 Å². The first kappa shape index (κ1) is 69.4. The highest BCUT2D eigenvalue weighted by Crippen LogP contribution is 2.73. The Morgan fingerprint density at radius 1 is 0.793 bits per heavy atom. The molecule has 9 rings (SSSR count). The number of ketones is 3. The molecule has 3 saturated heterocycles. The van der Waals surface area contributed by atoms with Gasteiger partial charge >= 0.3 is 6.09 Å². The fraction of sp³-hybridized carbons (Fsp3) is 0.639. The number of hydrogen-bond donors (Lipinski definition) is 1. The molecule has 20 nitrogen and oxygen atoms in total. The molecule has 3 heterocycles. The second-order valence-electron chi connectivity index (χ2n) is 27.2. The number of carbonyl (C=O) groups excluding carboxylic acids is 8. The average molecular weight is 1270 g/mol. The molecule has 500 valence electrons. The van der Waals surface area contributed by atoms with Crippen LogP contribution in [0.25, 0.3) is 0 Å². The molecule has 20 heteroatoms. The van der Waals surface area contributed by atoms with Crippen molar-refractivity contribution in [3.05, 3.63) is 82.0 Å². The number of allylic oxidation sites excluding steroid dienone is 4. The van der Waals surface area contributed by atoms with Crippen molar-refractivity contribution >= 4 is 58.4 Å². The molecule has 1 spiro atoms. The van der Waals surface area contributed by atoms with Gasteiger partial charge in [-0.05, 0) is 159 Å². The van der Waals surface area contributed by atoms with Gasteiger partial charge in [0.05, 0.1) is 45.1 Å². The lowest BCUT2D eigenvalue weighted by Gasteiger charge is -2.47. The number of rotatable bonds is 27. The summed E-state index contributed by atoms with van der Waals surface area (Å²) in [6, 6.07) is 11.9. The van der Waals surface area contributed by atoms with Crippen molar-refractivity contribution in [2.45, 2.75) is 167 Å². The van der Waals surface area contributed by atoms with Gasteiger partial charge in [0.25, 0.3) is 0 Å². The van der Waals surface area contributed by atoms with Crippen molar-refractivity contribution in [1.82, 2.24) is 24.5 Å². The van der Waals surface area contributed by atoms with Crippen molar-refractivity contribution < 1.29 is 62.0 Å². The van der Waals surface area contributed by atoms with Crippen LogP contribution in [0.5, 0.6) is 0 Å². The molecule has 5 amide bonds. The second kappa shape index (κ2) is 30.4. The maximum atomic E-state index is 15.3. The maximum absolute atomic E-state index is 15.3. The van der Waals surface area contributed by atoms with Crippen molar-refractivity contribution in [3.63, 3.8) is 0 Å². The quantitative estimate of drug-likeness (QED) is 0.0383. The van der Waals surface area contributed by atoms with Crippen LogP contribution in [-0.2, 0) is 47.7 Å². The van der Waals surface area contributed by atoms with Crippen molar-refractivity contribution in [2.24, 2.45) is 17.8 Å². The highest BCUT2D eigenvalue weighted by atomic mass is 16.6. The molecule has 92 heavy (non-hydrogen) atoms. The lowest BCUT2D eigenvalue weighted by Crippen LogP contribution is -2.68. The summed E-state index contributed by atoms with van der Waals surface area (Å²) in [6.07, 6.45) is 10.0. The average Bonchev–Trinajstić information content (AvgIpc) is 1.49. The van der Waals surface area contributed by atoms with E-state index in [1.807, 2.05) is 33.9 Å². The fourth-order valence-corrected chi connectivity index (χ4v) is 15.1. The molecule has 7 aliphatic rings. The van der Waals surface area contributed by atoms with Gasteiger partial charge in [0.2, 0.25) is 23.6 Å². The number of likely N-dealkylation sites (N-methyl/N-ethyl adjacent to an activating group) is 1. The van der Waals surface area contributed by atoms with Crippen LogP contribution in [0.1, 0.15) is 165 Å². The van der Waals surface area contributed by atoms with Gasteiger partial charge < -0.3 is 58.4 Å². The molecule has 4 aliphatic carbocycles. The minimum atomic E-state index is -1.10. The van der Waals surface area contributed by atoms with Crippen molar-refractivity contribution in [2.75, 3.05) is 123 Å². The number of hydrogen-bond acceptors (Lipinski definition) is 15. The van der Waals surface area contributed by atoms with Gasteiger partial charge in [0.1, 0.15) is 23.3 Å². The van der Waals surface area contributed by atoms with Gasteiger partial charge in [-0.15, -0.1) is 5.92 Å². The molecule has 8 unspecified atom stereocenters. The van der Waals surface area contributed by atoms with Crippen LogP contribution in [0.2, 0.25) is 0 Å². The molecule has 1 N–H and O–H groups in total. The summed E-state index contributed by atoms with van der Waals surface area (Å²) < 4.78 is 29.8. The Morgan fingerprint density at radius 2 is 1.48 bits per heavy atom. The molecule has 5 fully saturated rings. The van der Waals surface area contributed by atoms with E-state index < -0.39 is 29.7 Å². The van der Waals surface area contributed by atoms with E-state index in [0.717, 1.165) is 44.2 Å². The normalized spacial score (nSPS) is 24.4. The van der Waals surface area contributed by atoms with E-state index in [9.17, 15) is 33.6 Å². The van der Waals surface area contributed by atoms with Crippen LogP contribution in [0.15, 0.2) is 65.3 Å². The van der Waals surface area contributed by atoms with E-state index in [0.29, 0.717) is 120 Å². The number of amides is 5. The molecule has 0 bridgehead atoms. The Kier molecular flexibility index (Phi) is 23.0. The van der Waals surface area contributed by atoms with Gasteiger partial charge in [-0.1, -0.05) is 49.6 Å². The molecule has 0 aromatic heterocycles. The predicted octanol–water partition coefficient (Wildman–Crippen LogP) is 8.67. The number of benzene rings is 2. The van der Waals surface area contributed by atoms with E-state index in [-0.39, 0.29) is 104 Å². The SMILES string of the molecule is CC#CC12CCC3C4CCC5=CC(=O)CCC5=C4C(c4ccc(N(C)CCCC(=O)N5CCN(C(=O)C(C)CC)CC5C(=O)N5CCN(C(=O)OC(C)(C)C)CC5C(=O)N(C)CCCOCCOCCOCCCNc5cccc(C(C)=O)c5C(C)=O)cc4)CC31O2. The smallest absolute Gasteiger partial charge is 0.410 e. The topological polar surface area (TPSA) is 217 Å². The first-order valence-electron chi connectivity index (χ1n) is 33.7. The summed E-state index contributed by atoms with van der Waals surface area (Å²) in [5, 5.41) is 3.24. The highest BCUT2D eigenvalue weighted by molar-refractivity contribution is 6.10. The molecule has 2 saturated carbocycles. The highest BCUT2D eigenvalue weighted by Gasteiger charge is 2.79. The molecular formula is C72H99N7O13. The third-order valence-corrected chi connectivity index (χ3v) is 19.9. The Labute approximate surface area is 544 Å². The number of carbonyl (C=O) groups is 8. The molecule has 2 aromatic rings. The van der Waals surface area contributed by atoms with E-state index in [1.54, 1.807) is 60.7 Å². The van der Waals surface area contributed by atoms with Crippen LogP contribution in [0.3, 0.4) is 0 Å². The predicted molar refractivity (Wildman–Crippen MR) is 350 cm³/mol. The van der Waals surface area contributed by atoms with Gasteiger partial charge in [-0.25, -0.2) is 4.79 Å². The van der Waals surface area contributed by atoms with Gasteiger partial charge in [0, 0.05) is 115 Å². The number of epoxide rings is 1. The summed E-state index contributed by atoms with van der Waals surface area (Å²) in [5.41, 5.74) is 6.40. The summed E-state index contributed by atoms with van der Waals surface area (Å²) in [6.45, 7) is 18.0. The molecule has 3 aliphatic heterocycles. The summed E-state index contributed by atoms with van der Waals surface area (Å²) >= 11 is 0. The number of fused-ring (bicyclic) bond motifs is 3. The van der Waals surface area contributed by atoms with Crippen LogP contribution < -0.4 is 10.2 Å². The first-order valence-corrected chi connectivity index (χ1v) is 33.7. The van der Waals surface area contributed by atoms with E-state index >= 15 is 4.79 Å². The van der Waals surface area contributed by atoms with Crippen molar-refractivity contribution in [1.29, 1.82) is 0 Å². The monoisotopic (exact) mass is 1270 g/mol. The zero-order valence-corrected chi connectivity index (χ0v) is 56.2. The fourth-order valence-electron chi connectivity index (χ4n) is 15.1. The first-order chi connectivity index (χ1) is 44.0. The minimum Gasteiger partial charge on any atom is -0.444 e. The standard InChI is InChI=1S/C72H99N7O13/c1-11-29-71-30-28-59-57-26-22-52-44-54(82)25-27-56(52)65(57)58(45-72(59,71)92-71)51-20-23-53(24-21-51)74(9)32-14-19-63(83)78-36-34-76(66(84)48(3)12-2)46-62(78)68(86)79-37-35-77(69(87)91-70(6,7)8)47-61(79)67(85)75(10)33-16-39-89-41-43-90-42-40-88-38-15-31-73-60-18-13-17-55(49(4)80)64(60)50(5)81/h13,17-18,20-21,23-24,44,48,57-59,61-62,73H,12,14-16,19,22,25-28,30-43,45-47H2,1-10H3. The van der Waals surface area contributed by atoms with E-state index in [4.69, 9.17) is 23.7 Å². The van der Waals surface area contributed by atoms with Gasteiger partial charge in [-0.2, -0.15) is 0 Å². The van der Waals surface area contributed by atoms with Gasteiger partial charge in [0.15, 0.2) is 23.0 Å². The van der Waals surface area contributed by atoms with Gasteiger partial charge in [-0.3, -0.25) is 33.6 Å². The molecule has 0 radical (unpaired) electrons. The lowest BCUT2D eigenvalue weighted by atomic mass is 9.57. The lowest BCUT2D eigenvalue weighted by molar-refractivity contribution is -0.159. The minimum absolute atomic E-state index is 0.0128. The number of Topliss-reactive ketones (excluding diaryl/α,β-unsaturated/α-hetero) is 2.